The lowest BCUT2D eigenvalue weighted by Crippen LogP contribution is -2.26. The van der Waals surface area contributed by atoms with Gasteiger partial charge in [0.1, 0.15) is 11.5 Å². The van der Waals surface area contributed by atoms with Gasteiger partial charge < -0.3 is 14.8 Å². The second kappa shape index (κ2) is 8.85. The molecule has 0 radical (unpaired) electrons. The average Bonchev–Trinajstić information content (AvgIpc) is 2.48. The lowest BCUT2D eigenvalue weighted by Gasteiger charge is -2.28. The third-order valence-electron chi connectivity index (χ3n) is 3.87. The van der Waals surface area contributed by atoms with E-state index in [4.69, 9.17) is 9.47 Å². The summed E-state index contributed by atoms with van der Waals surface area (Å²) in [4.78, 5) is 0. The van der Waals surface area contributed by atoms with Crippen LogP contribution in [0.4, 0.5) is 0 Å². The number of hydrogen-bond acceptors (Lipinski definition) is 3. The van der Waals surface area contributed by atoms with Crippen molar-refractivity contribution in [3.8, 4) is 11.5 Å². The standard InChI is InChI=1S/C17H29NO2/c1-6-8-13(9-7-2)17(18-3)15-12-14(19-4)10-11-16(15)20-5/h10-13,17-18H,6-9H2,1-5H3. The second-order valence-corrected chi connectivity index (χ2v) is 5.21. The number of hydrogen-bond donors (Lipinski definition) is 1. The van der Waals surface area contributed by atoms with E-state index in [1.165, 1.54) is 31.2 Å². The van der Waals surface area contributed by atoms with Crippen molar-refractivity contribution in [2.75, 3.05) is 21.3 Å². The number of nitrogens with one attached hydrogen (secondary N) is 1. The van der Waals surface area contributed by atoms with Crippen LogP contribution in [0.15, 0.2) is 18.2 Å². The molecule has 1 rings (SSSR count). The molecule has 0 aromatic heterocycles. The topological polar surface area (TPSA) is 30.5 Å². The fourth-order valence-corrected chi connectivity index (χ4v) is 2.95. The fourth-order valence-electron chi connectivity index (χ4n) is 2.95. The van der Waals surface area contributed by atoms with Gasteiger partial charge in [0, 0.05) is 11.6 Å². The molecule has 0 aliphatic heterocycles. The van der Waals surface area contributed by atoms with Crippen LogP contribution in [0.3, 0.4) is 0 Å². The Morgan fingerprint density at radius 1 is 1.05 bits per heavy atom. The van der Waals surface area contributed by atoms with Crippen molar-refractivity contribution in [1.29, 1.82) is 0 Å². The summed E-state index contributed by atoms with van der Waals surface area (Å²) in [6.45, 7) is 4.50. The van der Waals surface area contributed by atoms with Crippen LogP contribution in [0, 0.1) is 5.92 Å². The van der Waals surface area contributed by atoms with E-state index >= 15 is 0 Å². The largest absolute Gasteiger partial charge is 0.497 e. The molecule has 0 amide bonds. The summed E-state index contributed by atoms with van der Waals surface area (Å²) in [5, 5.41) is 3.48. The molecule has 0 saturated carbocycles. The molecule has 0 heterocycles. The Bertz CT molecular complexity index is 387. The van der Waals surface area contributed by atoms with Crippen LogP contribution in [-0.2, 0) is 0 Å². The van der Waals surface area contributed by atoms with Crippen molar-refractivity contribution in [3.05, 3.63) is 23.8 Å². The Balaban J connectivity index is 3.13. The predicted molar refractivity (Wildman–Crippen MR) is 84.7 cm³/mol. The molecule has 1 aromatic carbocycles. The van der Waals surface area contributed by atoms with E-state index in [0.717, 1.165) is 11.5 Å². The fraction of sp³-hybridized carbons (Fsp3) is 0.647. The van der Waals surface area contributed by atoms with Crippen molar-refractivity contribution in [3.63, 3.8) is 0 Å². The molecule has 1 unspecified atom stereocenters. The van der Waals surface area contributed by atoms with Gasteiger partial charge in [-0.2, -0.15) is 0 Å². The minimum absolute atomic E-state index is 0.306. The van der Waals surface area contributed by atoms with Gasteiger partial charge in [0.05, 0.1) is 14.2 Å². The molecule has 0 bridgehead atoms. The Kier molecular flexibility index (Phi) is 7.45. The Morgan fingerprint density at radius 3 is 2.15 bits per heavy atom. The molecule has 0 saturated heterocycles. The van der Waals surface area contributed by atoms with Gasteiger partial charge in [-0.1, -0.05) is 26.7 Å². The van der Waals surface area contributed by atoms with Gasteiger partial charge in [-0.3, -0.25) is 0 Å². The van der Waals surface area contributed by atoms with Gasteiger partial charge in [0.15, 0.2) is 0 Å². The molecule has 0 aliphatic rings. The SMILES string of the molecule is CCCC(CCC)C(NC)c1cc(OC)ccc1OC. The Hall–Kier alpha value is -1.22. The maximum absolute atomic E-state index is 5.54. The van der Waals surface area contributed by atoms with E-state index < -0.39 is 0 Å². The van der Waals surface area contributed by atoms with Gasteiger partial charge in [-0.25, -0.2) is 0 Å². The number of rotatable bonds is 9. The van der Waals surface area contributed by atoms with Crippen LogP contribution in [0.2, 0.25) is 0 Å². The molecule has 0 spiro atoms. The van der Waals surface area contributed by atoms with Crippen LogP contribution >= 0.6 is 0 Å². The van der Waals surface area contributed by atoms with E-state index in [0.29, 0.717) is 12.0 Å². The third kappa shape index (κ3) is 4.14. The Morgan fingerprint density at radius 2 is 1.70 bits per heavy atom. The van der Waals surface area contributed by atoms with Crippen molar-refractivity contribution in [2.24, 2.45) is 5.92 Å². The van der Waals surface area contributed by atoms with E-state index in [1.807, 2.05) is 19.2 Å². The zero-order valence-corrected chi connectivity index (χ0v) is 13.5. The van der Waals surface area contributed by atoms with Crippen molar-refractivity contribution < 1.29 is 9.47 Å². The summed E-state index contributed by atoms with van der Waals surface area (Å²) in [5.74, 6) is 2.44. The average molecular weight is 279 g/mol. The number of methoxy groups -OCH3 is 2. The maximum Gasteiger partial charge on any atom is 0.123 e. The van der Waals surface area contributed by atoms with Crippen LogP contribution in [0.1, 0.15) is 51.1 Å². The first kappa shape index (κ1) is 16.8. The summed E-state index contributed by atoms with van der Waals surface area (Å²) < 4.78 is 10.9. The molecule has 1 atom stereocenters. The van der Waals surface area contributed by atoms with Gasteiger partial charge in [0.2, 0.25) is 0 Å². The van der Waals surface area contributed by atoms with Gasteiger partial charge in [0.25, 0.3) is 0 Å². The lowest BCUT2D eigenvalue weighted by atomic mass is 9.85. The molecule has 0 aliphatic carbocycles. The molecule has 1 N–H and O–H groups in total. The smallest absolute Gasteiger partial charge is 0.123 e. The quantitative estimate of drug-likeness (QED) is 0.735. The molecule has 114 valence electrons. The van der Waals surface area contributed by atoms with E-state index in [2.05, 4.69) is 25.2 Å². The van der Waals surface area contributed by atoms with Crippen molar-refractivity contribution >= 4 is 0 Å². The molecule has 1 aromatic rings. The third-order valence-corrected chi connectivity index (χ3v) is 3.87. The molecule has 0 fully saturated rings. The predicted octanol–water partition coefficient (Wildman–Crippen LogP) is 4.18. The first-order valence-electron chi connectivity index (χ1n) is 7.60. The molecular formula is C17H29NO2. The molecular weight excluding hydrogens is 250 g/mol. The van der Waals surface area contributed by atoms with E-state index in [9.17, 15) is 0 Å². The number of benzene rings is 1. The van der Waals surface area contributed by atoms with Crippen LogP contribution < -0.4 is 14.8 Å². The first-order chi connectivity index (χ1) is 9.71. The summed E-state index contributed by atoms with van der Waals surface area (Å²) >= 11 is 0. The molecule has 20 heavy (non-hydrogen) atoms. The van der Waals surface area contributed by atoms with E-state index in [-0.39, 0.29) is 0 Å². The monoisotopic (exact) mass is 279 g/mol. The van der Waals surface area contributed by atoms with Gasteiger partial charge in [-0.05, 0) is 44.0 Å². The minimum Gasteiger partial charge on any atom is -0.497 e. The number of ether oxygens (including phenoxy) is 2. The van der Waals surface area contributed by atoms with Crippen LogP contribution in [-0.4, -0.2) is 21.3 Å². The minimum atomic E-state index is 0.306. The Labute approximate surface area is 123 Å². The van der Waals surface area contributed by atoms with Gasteiger partial charge in [-0.15, -0.1) is 0 Å². The summed E-state index contributed by atoms with van der Waals surface area (Å²) in [5.41, 5.74) is 1.20. The van der Waals surface area contributed by atoms with Crippen molar-refractivity contribution in [1.82, 2.24) is 5.32 Å². The molecule has 3 nitrogen and oxygen atoms in total. The summed E-state index contributed by atoms with van der Waals surface area (Å²) in [7, 11) is 5.46. The second-order valence-electron chi connectivity index (χ2n) is 5.21. The lowest BCUT2D eigenvalue weighted by molar-refractivity contribution is 0.316. The van der Waals surface area contributed by atoms with Crippen LogP contribution in [0.5, 0.6) is 11.5 Å². The highest BCUT2D eigenvalue weighted by Gasteiger charge is 2.23. The van der Waals surface area contributed by atoms with Crippen LogP contribution in [0.25, 0.3) is 0 Å². The summed E-state index contributed by atoms with van der Waals surface area (Å²) in [6, 6.07) is 6.34. The van der Waals surface area contributed by atoms with Crippen molar-refractivity contribution in [2.45, 2.75) is 45.6 Å². The zero-order valence-electron chi connectivity index (χ0n) is 13.5. The zero-order chi connectivity index (χ0) is 15.0. The maximum atomic E-state index is 5.54. The normalized spacial score (nSPS) is 12.5. The highest BCUT2D eigenvalue weighted by atomic mass is 16.5. The molecule has 3 heteroatoms. The first-order valence-corrected chi connectivity index (χ1v) is 7.60. The van der Waals surface area contributed by atoms with E-state index in [1.54, 1.807) is 14.2 Å². The highest BCUT2D eigenvalue weighted by Crippen LogP contribution is 2.36. The highest BCUT2D eigenvalue weighted by molar-refractivity contribution is 5.42. The summed E-state index contributed by atoms with van der Waals surface area (Å²) in [6.07, 6.45) is 4.85. The van der Waals surface area contributed by atoms with Gasteiger partial charge >= 0.3 is 0 Å².